The van der Waals surface area contributed by atoms with Crippen molar-refractivity contribution in [2.24, 2.45) is 5.73 Å². The van der Waals surface area contributed by atoms with E-state index in [1.165, 1.54) is 0 Å². The highest BCUT2D eigenvalue weighted by atomic mass is 16.2. The van der Waals surface area contributed by atoms with Crippen LogP contribution in [0.4, 0.5) is 5.69 Å². The third-order valence-corrected chi connectivity index (χ3v) is 2.96. The lowest BCUT2D eigenvalue weighted by Gasteiger charge is -2.25. The largest absolute Gasteiger partial charge is 0.361 e. The molecule has 2 N–H and O–H groups in total. The van der Waals surface area contributed by atoms with Crippen LogP contribution < -0.4 is 10.6 Å². The molecule has 0 heterocycles. The van der Waals surface area contributed by atoms with Crippen molar-refractivity contribution in [3.8, 4) is 6.07 Å². The predicted molar refractivity (Wildman–Crippen MR) is 75.6 cm³/mol. The summed E-state index contributed by atoms with van der Waals surface area (Å²) >= 11 is 0. The summed E-state index contributed by atoms with van der Waals surface area (Å²) in [4.78, 5) is 15.2. The van der Waals surface area contributed by atoms with E-state index in [4.69, 9.17) is 5.73 Å². The fourth-order valence-electron chi connectivity index (χ4n) is 1.75. The first kappa shape index (κ1) is 15.0. The lowest BCUT2D eigenvalue weighted by atomic mass is 10.1. The van der Waals surface area contributed by atoms with Crippen LogP contribution in [-0.4, -0.2) is 38.0 Å². The van der Waals surface area contributed by atoms with Crippen LogP contribution in [0.2, 0.25) is 0 Å². The molecule has 0 aliphatic heterocycles. The zero-order valence-electron chi connectivity index (χ0n) is 11.7. The number of anilines is 1. The number of likely N-dealkylation sites (N-methyl/N-ethyl adjacent to an activating group) is 2. The molecule has 5 nitrogen and oxygen atoms in total. The van der Waals surface area contributed by atoms with Gasteiger partial charge in [-0.2, -0.15) is 5.26 Å². The van der Waals surface area contributed by atoms with Crippen LogP contribution in [0.3, 0.4) is 0 Å². The summed E-state index contributed by atoms with van der Waals surface area (Å²) in [5.41, 5.74) is 7.81. The number of nitriles is 1. The van der Waals surface area contributed by atoms with Gasteiger partial charge in [0.05, 0.1) is 17.8 Å². The van der Waals surface area contributed by atoms with E-state index in [1.807, 2.05) is 24.0 Å². The van der Waals surface area contributed by atoms with Crippen LogP contribution in [0.1, 0.15) is 18.1 Å². The highest BCUT2D eigenvalue weighted by Gasteiger charge is 2.15. The van der Waals surface area contributed by atoms with Gasteiger partial charge < -0.3 is 15.5 Å². The summed E-state index contributed by atoms with van der Waals surface area (Å²) in [6.07, 6.45) is 0. The van der Waals surface area contributed by atoms with Crippen molar-refractivity contribution in [1.82, 2.24) is 4.90 Å². The lowest BCUT2D eigenvalue weighted by Crippen LogP contribution is -2.36. The number of carbonyl (C=O) groups excluding carboxylic acids is 1. The molecular formula is C14H20N4O. The molecule has 0 aliphatic carbocycles. The van der Waals surface area contributed by atoms with E-state index in [2.05, 4.69) is 6.07 Å². The molecule has 0 radical (unpaired) electrons. The minimum atomic E-state index is 0.00800. The molecule has 0 atom stereocenters. The second-order valence-electron chi connectivity index (χ2n) is 4.47. The van der Waals surface area contributed by atoms with E-state index in [0.717, 1.165) is 11.3 Å². The molecule has 0 fully saturated rings. The standard InChI is InChI=1S/C14H20N4O/c1-4-18(10-14(19)17(2)3)13-6-5-11(8-15)7-12(13)9-16/h5-7H,4,8,10,15H2,1-3H3. The van der Waals surface area contributed by atoms with E-state index < -0.39 is 0 Å². The summed E-state index contributed by atoms with van der Waals surface area (Å²) in [6.45, 7) is 3.29. The Labute approximate surface area is 114 Å². The minimum Gasteiger partial charge on any atom is -0.361 e. The van der Waals surface area contributed by atoms with E-state index in [0.29, 0.717) is 18.7 Å². The molecule has 0 aromatic heterocycles. The maximum atomic E-state index is 11.8. The summed E-state index contributed by atoms with van der Waals surface area (Å²) < 4.78 is 0. The second kappa shape index (κ2) is 6.76. The van der Waals surface area contributed by atoms with Crippen molar-refractivity contribution in [3.63, 3.8) is 0 Å². The molecular weight excluding hydrogens is 240 g/mol. The Morgan fingerprint density at radius 3 is 2.58 bits per heavy atom. The van der Waals surface area contributed by atoms with E-state index in [-0.39, 0.29) is 12.5 Å². The average molecular weight is 260 g/mol. The first-order valence-corrected chi connectivity index (χ1v) is 6.21. The highest BCUT2D eigenvalue weighted by molar-refractivity contribution is 5.81. The quantitative estimate of drug-likeness (QED) is 0.854. The van der Waals surface area contributed by atoms with Crippen LogP contribution in [0.15, 0.2) is 18.2 Å². The minimum absolute atomic E-state index is 0.00800. The van der Waals surface area contributed by atoms with Gasteiger partial charge >= 0.3 is 0 Å². The van der Waals surface area contributed by atoms with Gasteiger partial charge in [0.2, 0.25) is 5.91 Å². The SMILES string of the molecule is CCN(CC(=O)N(C)C)c1ccc(CN)cc1C#N. The summed E-state index contributed by atoms with van der Waals surface area (Å²) in [5, 5.41) is 9.21. The molecule has 1 aromatic carbocycles. The van der Waals surface area contributed by atoms with Crippen molar-refractivity contribution in [3.05, 3.63) is 29.3 Å². The maximum Gasteiger partial charge on any atom is 0.241 e. The molecule has 0 bridgehead atoms. The number of hydrogen-bond acceptors (Lipinski definition) is 4. The molecule has 5 heteroatoms. The van der Waals surface area contributed by atoms with Crippen molar-refractivity contribution in [2.75, 3.05) is 32.1 Å². The van der Waals surface area contributed by atoms with Gasteiger partial charge in [0.25, 0.3) is 0 Å². The zero-order valence-corrected chi connectivity index (χ0v) is 11.7. The first-order valence-electron chi connectivity index (χ1n) is 6.21. The molecule has 19 heavy (non-hydrogen) atoms. The Morgan fingerprint density at radius 1 is 1.42 bits per heavy atom. The average Bonchev–Trinajstić information content (AvgIpc) is 2.43. The number of nitrogens with two attached hydrogens (primary N) is 1. The number of amides is 1. The maximum absolute atomic E-state index is 11.8. The van der Waals surface area contributed by atoms with Gasteiger partial charge in [-0.15, -0.1) is 0 Å². The molecule has 1 amide bonds. The number of nitrogens with zero attached hydrogens (tertiary/aromatic N) is 3. The molecule has 0 saturated heterocycles. The van der Waals surface area contributed by atoms with E-state index in [9.17, 15) is 10.1 Å². The zero-order chi connectivity index (χ0) is 14.4. The van der Waals surface area contributed by atoms with Crippen LogP contribution >= 0.6 is 0 Å². The molecule has 0 spiro atoms. The third kappa shape index (κ3) is 3.70. The molecule has 0 saturated carbocycles. The molecule has 0 aliphatic rings. The summed E-state index contributed by atoms with van der Waals surface area (Å²) in [6, 6.07) is 7.68. The highest BCUT2D eigenvalue weighted by Crippen LogP contribution is 2.21. The van der Waals surface area contributed by atoms with Gasteiger partial charge in [-0.1, -0.05) is 6.07 Å². The molecule has 0 unspecified atom stereocenters. The first-order chi connectivity index (χ1) is 9.03. The van der Waals surface area contributed by atoms with Crippen molar-refractivity contribution in [2.45, 2.75) is 13.5 Å². The van der Waals surface area contributed by atoms with Crippen molar-refractivity contribution >= 4 is 11.6 Å². The Hall–Kier alpha value is -2.06. The third-order valence-electron chi connectivity index (χ3n) is 2.96. The topological polar surface area (TPSA) is 73.4 Å². The molecule has 1 aromatic rings. The van der Waals surface area contributed by atoms with Crippen molar-refractivity contribution in [1.29, 1.82) is 5.26 Å². The number of rotatable bonds is 5. The number of carbonyl (C=O) groups is 1. The van der Waals surface area contributed by atoms with Crippen LogP contribution in [0, 0.1) is 11.3 Å². The van der Waals surface area contributed by atoms with Gasteiger partial charge in [-0.25, -0.2) is 0 Å². The smallest absolute Gasteiger partial charge is 0.241 e. The fourth-order valence-corrected chi connectivity index (χ4v) is 1.75. The number of benzene rings is 1. The van der Waals surface area contributed by atoms with Gasteiger partial charge in [-0.05, 0) is 24.6 Å². The fraction of sp³-hybridized carbons (Fsp3) is 0.429. The van der Waals surface area contributed by atoms with Crippen LogP contribution in [0.25, 0.3) is 0 Å². The Bertz CT molecular complexity index is 491. The Morgan fingerprint density at radius 2 is 2.11 bits per heavy atom. The lowest BCUT2D eigenvalue weighted by molar-refractivity contribution is -0.127. The van der Waals surface area contributed by atoms with Crippen LogP contribution in [0.5, 0.6) is 0 Å². The summed E-state index contributed by atoms with van der Waals surface area (Å²) in [7, 11) is 3.44. The van der Waals surface area contributed by atoms with Gasteiger partial charge in [0.1, 0.15) is 6.07 Å². The van der Waals surface area contributed by atoms with Gasteiger partial charge in [0, 0.05) is 27.2 Å². The van der Waals surface area contributed by atoms with Crippen molar-refractivity contribution < 1.29 is 4.79 Å². The number of hydrogen-bond donors (Lipinski definition) is 1. The van der Waals surface area contributed by atoms with E-state index in [1.54, 1.807) is 25.1 Å². The van der Waals surface area contributed by atoms with Crippen LogP contribution in [-0.2, 0) is 11.3 Å². The van der Waals surface area contributed by atoms with Gasteiger partial charge in [-0.3, -0.25) is 4.79 Å². The van der Waals surface area contributed by atoms with E-state index >= 15 is 0 Å². The predicted octanol–water partition coefficient (Wildman–Crippen LogP) is 0.931. The monoisotopic (exact) mass is 260 g/mol. The normalized spacial score (nSPS) is 9.84. The molecule has 1 rings (SSSR count). The second-order valence-corrected chi connectivity index (χ2v) is 4.47. The van der Waals surface area contributed by atoms with Gasteiger partial charge in [0.15, 0.2) is 0 Å². The Kier molecular flexibility index (Phi) is 5.34. The molecule has 102 valence electrons. The summed E-state index contributed by atoms with van der Waals surface area (Å²) in [5.74, 6) is 0.00800. The Balaban J connectivity index is 3.05.